The minimum Gasteiger partial charge on any atom is -0.355 e. The monoisotopic (exact) mass is 236 g/mol. The van der Waals surface area contributed by atoms with Crippen LogP contribution in [0.5, 0.6) is 0 Å². The highest BCUT2D eigenvalue weighted by molar-refractivity contribution is 6.27. The molecule has 1 amide bonds. The van der Waals surface area contributed by atoms with Crippen LogP contribution < -0.4 is 5.32 Å². The van der Waals surface area contributed by atoms with Gasteiger partial charge in [-0.05, 0) is 30.5 Å². The highest BCUT2D eigenvalue weighted by atomic mass is 35.5. The van der Waals surface area contributed by atoms with Gasteiger partial charge in [0.25, 0.3) is 0 Å². The van der Waals surface area contributed by atoms with E-state index in [-0.39, 0.29) is 11.8 Å². The third-order valence-corrected chi connectivity index (χ3v) is 2.51. The Labute approximate surface area is 100 Å². The fraction of sp³-hybridized carbons (Fsp3) is 0.333. The summed E-state index contributed by atoms with van der Waals surface area (Å²) in [5, 5.41) is 11.5. The molecule has 0 aliphatic carbocycles. The van der Waals surface area contributed by atoms with Crippen LogP contribution >= 0.6 is 11.6 Å². The summed E-state index contributed by atoms with van der Waals surface area (Å²) in [6.45, 7) is 2.47. The van der Waals surface area contributed by atoms with Gasteiger partial charge in [0.1, 0.15) is 5.88 Å². The molecule has 1 N–H and O–H groups in total. The minimum atomic E-state index is -0.160. The van der Waals surface area contributed by atoms with E-state index in [4.69, 9.17) is 16.9 Å². The van der Waals surface area contributed by atoms with Crippen molar-refractivity contribution in [2.45, 2.75) is 13.3 Å². The van der Waals surface area contributed by atoms with Crippen LogP contribution in [-0.2, 0) is 11.2 Å². The molecular formula is C12H13ClN2O. The first kappa shape index (κ1) is 12.5. The van der Waals surface area contributed by atoms with Gasteiger partial charge in [-0.2, -0.15) is 5.26 Å². The van der Waals surface area contributed by atoms with Crippen molar-refractivity contribution in [3.8, 4) is 6.07 Å². The largest absolute Gasteiger partial charge is 0.355 e. The van der Waals surface area contributed by atoms with Crippen molar-refractivity contribution in [2.75, 3.05) is 12.4 Å². The minimum absolute atomic E-state index is 0.00754. The lowest BCUT2D eigenvalue weighted by Gasteiger charge is -2.05. The van der Waals surface area contributed by atoms with E-state index < -0.39 is 0 Å². The van der Waals surface area contributed by atoms with Crippen LogP contribution in [0, 0.1) is 18.3 Å². The van der Waals surface area contributed by atoms with Crippen LogP contribution in [0.25, 0.3) is 0 Å². The second kappa shape index (κ2) is 6.14. The Hall–Kier alpha value is -1.53. The summed E-state index contributed by atoms with van der Waals surface area (Å²) in [5.41, 5.74) is 2.75. The Morgan fingerprint density at radius 3 is 2.88 bits per heavy atom. The van der Waals surface area contributed by atoms with Crippen molar-refractivity contribution in [2.24, 2.45) is 0 Å². The average Bonchev–Trinajstić information content (AvgIpc) is 2.29. The summed E-state index contributed by atoms with van der Waals surface area (Å²) in [4.78, 5) is 10.9. The lowest BCUT2D eigenvalue weighted by atomic mass is 10.0. The smallest absolute Gasteiger partial charge is 0.234 e. The molecule has 0 aliphatic heterocycles. The van der Waals surface area contributed by atoms with Gasteiger partial charge in [-0.25, -0.2) is 0 Å². The number of nitrogens with one attached hydrogen (secondary N) is 1. The van der Waals surface area contributed by atoms with Crippen molar-refractivity contribution in [3.05, 3.63) is 34.9 Å². The molecule has 0 aliphatic rings. The molecule has 0 radical (unpaired) electrons. The van der Waals surface area contributed by atoms with E-state index in [2.05, 4.69) is 11.4 Å². The van der Waals surface area contributed by atoms with E-state index in [9.17, 15) is 4.79 Å². The molecule has 0 heterocycles. The highest BCUT2D eigenvalue weighted by Gasteiger charge is 2.00. The highest BCUT2D eigenvalue weighted by Crippen LogP contribution is 2.10. The predicted octanol–water partition coefficient (Wildman–Crippen LogP) is 1.76. The molecule has 0 saturated heterocycles. The first-order valence-corrected chi connectivity index (χ1v) is 5.53. The Bertz CT molecular complexity index is 424. The van der Waals surface area contributed by atoms with Gasteiger partial charge in [-0.3, -0.25) is 4.79 Å². The number of alkyl halides is 1. The zero-order valence-corrected chi connectivity index (χ0v) is 9.84. The Morgan fingerprint density at radius 1 is 1.56 bits per heavy atom. The Kier molecular flexibility index (Phi) is 4.81. The second-order valence-electron chi connectivity index (χ2n) is 3.49. The summed E-state index contributed by atoms with van der Waals surface area (Å²) < 4.78 is 0. The maximum absolute atomic E-state index is 10.9. The predicted molar refractivity (Wildman–Crippen MR) is 63.3 cm³/mol. The van der Waals surface area contributed by atoms with Crippen molar-refractivity contribution >= 4 is 17.5 Å². The molecule has 84 valence electrons. The molecule has 0 aromatic heterocycles. The van der Waals surface area contributed by atoms with E-state index in [1.807, 2.05) is 19.1 Å². The first-order valence-electron chi connectivity index (χ1n) is 4.99. The third-order valence-electron chi connectivity index (χ3n) is 2.27. The quantitative estimate of drug-likeness (QED) is 0.810. The van der Waals surface area contributed by atoms with Gasteiger partial charge < -0.3 is 5.32 Å². The molecular weight excluding hydrogens is 224 g/mol. The standard InChI is InChI=1S/C12H13ClN2O/c1-9-6-10(2-3-11(9)8-14)4-5-15-12(16)7-13/h2-3,6H,4-5,7H2,1H3,(H,15,16). The van der Waals surface area contributed by atoms with Gasteiger partial charge >= 0.3 is 0 Å². The molecule has 0 fully saturated rings. The molecule has 0 bridgehead atoms. The van der Waals surface area contributed by atoms with Crippen LogP contribution in [0.2, 0.25) is 0 Å². The number of aryl methyl sites for hydroxylation is 1. The van der Waals surface area contributed by atoms with Gasteiger partial charge in [-0.1, -0.05) is 12.1 Å². The normalized spacial score (nSPS) is 9.56. The maximum Gasteiger partial charge on any atom is 0.234 e. The van der Waals surface area contributed by atoms with Crippen LogP contribution in [0.3, 0.4) is 0 Å². The molecule has 0 spiro atoms. The fourth-order valence-electron chi connectivity index (χ4n) is 1.40. The van der Waals surface area contributed by atoms with Crippen molar-refractivity contribution in [1.29, 1.82) is 5.26 Å². The van der Waals surface area contributed by atoms with E-state index in [0.29, 0.717) is 12.1 Å². The van der Waals surface area contributed by atoms with Crippen molar-refractivity contribution < 1.29 is 4.79 Å². The van der Waals surface area contributed by atoms with Gasteiger partial charge in [0.2, 0.25) is 5.91 Å². The molecule has 1 aromatic carbocycles. The van der Waals surface area contributed by atoms with E-state index in [0.717, 1.165) is 17.5 Å². The molecule has 16 heavy (non-hydrogen) atoms. The van der Waals surface area contributed by atoms with Crippen LogP contribution in [0.15, 0.2) is 18.2 Å². The number of carbonyl (C=O) groups is 1. The number of benzene rings is 1. The van der Waals surface area contributed by atoms with Crippen LogP contribution in [0.4, 0.5) is 0 Å². The molecule has 1 aromatic rings. The SMILES string of the molecule is Cc1cc(CCNC(=O)CCl)ccc1C#N. The number of amides is 1. The Morgan fingerprint density at radius 2 is 2.31 bits per heavy atom. The van der Waals surface area contributed by atoms with Gasteiger partial charge in [0, 0.05) is 6.54 Å². The lowest BCUT2D eigenvalue weighted by molar-refractivity contribution is -0.118. The molecule has 0 unspecified atom stereocenters. The average molecular weight is 237 g/mol. The van der Waals surface area contributed by atoms with Crippen LogP contribution in [0.1, 0.15) is 16.7 Å². The van der Waals surface area contributed by atoms with Gasteiger partial charge in [-0.15, -0.1) is 11.6 Å². The molecule has 0 saturated carbocycles. The maximum atomic E-state index is 10.9. The molecule has 4 heteroatoms. The second-order valence-corrected chi connectivity index (χ2v) is 3.76. The van der Waals surface area contributed by atoms with Crippen molar-refractivity contribution in [3.63, 3.8) is 0 Å². The molecule has 3 nitrogen and oxygen atoms in total. The number of halogens is 1. The summed E-state index contributed by atoms with van der Waals surface area (Å²) in [6, 6.07) is 7.78. The Balaban J connectivity index is 2.53. The topological polar surface area (TPSA) is 52.9 Å². The number of nitrogens with zero attached hydrogens (tertiary/aromatic N) is 1. The lowest BCUT2D eigenvalue weighted by Crippen LogP contribution is -2.26. The summed E-state index contributed by atoms with van der Waals surface area (Å²) >= 11 is 5.35. The van der Waals surface area contributed by atoms with Gasteiger partial charge in [0.05, 0.1) is 11.6 Å². The zero-order chi connectivity index (χ0) is 12.0. The van der Waals surface area contributed by atoms with Gasteiger partial charge in [0.15, 0.2) is 0 Å². The number of hydrogen-bond acceptors (Lipinski definition) is 2. The summed E-state index contributed by atoms with van der Waals surface area (Å²) in [6.07, 6.45) is 0.745. The molecule has 1 rings (SSSR count). The van der Waals surface area contributed by atoms with E-state index >= 15 is 0 Å². The number of nitriles is 1. The zero-order valence-electron chi connectivity index (χ0n) is 9.09. The van der Waals surface area contributed by atoms with Crippen molar-refractivity contribution in [1.82, 2.24) is 5.32 Å². The van der Waals surface area contributed by atoms with Crippen LogP contribution in [-0.4, -0.2) is 18.3 Å². The number of carbonyl (C=O) groups excluding carboxylic acids is 1. The van der Waals surface area contributed by atoms with E-state index in [1.165, 1.54) is 0 Å². The first-order chi connectivity index (χ1) is 7.67. The van der Waals surface area contributed by atoms with E-state index in [1.54, 1.807) is 6.07 Å². The third kappa shape index (κ3) is 3.56. The summed E-state index contributed by atoms with van der Waals surface area (Å²) in [7, 11) is 0. The fourth-order valence-corrected chi connectivity index (χ4v) is 1.49. The summed E-state index contributed by atoms with van der Waals surface area (Å²) in [5.74, 6) is -0.168. The number of hydrogen-bond donors (Lipinski definition) is 1. The number of rotatable bonds is 4. The molecule has 0 atom stereocenters.